The lowest BCUT2D eigenvalue weighted by molar-refractivity contribution is 0.330. The SMILES string of the molecule is CCCNC(Cc1ccc(Br)cn1)C1CC2CC2C1. The zero-order valence-electron chi connectivity index (χ0n) is 11.6. The summed E-state index contributed by atoms with van der Waals surface area (Å²) in [7, 11) is 0. The first-order valence-corrected chi connectivity index (χ1v) is 8.39. The van der Waals surface area contributed by atoms with Crippen LogP contribution in [0.2, 0.25) is 0 Å². The highest BCUT2D eigenvalue weighted by Gasteiger charge is 2.47. The normalized spacial score (nSPS) is 30.1. The number of fused-ring (bicyclic) bond motifs is 1. The van der Waals surface area contributed by atoms with Gasteiger partial charge in [0.15, 0.2) is 0 Å². The molecule has 1 heterocycles. The summed E-state index contributed by atoms with van der Waals surface area (Å²) in [5.41, 5.74) is 1.22. The average Bonchev–Trinajstić information content (AvgIpc) is 3.03. The molecule has 2 saturated carbocycles. The van der Waals surface area contributed by atoms with E-state index in [1.54, 1.807) is 0 Å². The Labute approximate surface area is 124 Å². The summed E-state index contributed by atoms with van der Waals surface area (Å²) in [6, 6.07) is 4.88. The van der Waals surface area contributed by atoms with E-state index in [4.69, 9.17) is 0 Å². The highest BCUT2D eigenvalue weighted by Crippen LogP contribution is 2.55. The Morgan fingerprint density at radius 3 is 2.74 bits per heavy atom. The van der Waals surface area contributed by atoms with Gasteiger partial charge in [0.2, 0.25) is 0 Å². The maximum atomic E-state index is 4.54. The van der Waals surface area contributed by atoms with Gasteiger partial charge in [0.05, 0.1) is 0 Å². The van der Waals surface area contributed by atoms with E-state index in [1.165, 1.54) is 31.4 Å². The highest BCUT2D eigenvalue weighted by atomic mass is 79.9. The van der Waals surface area contributed by atoms with Crippen molar-refractivity contribution in [3.05, 3.63) is 28.5 Å². The van der Waals surface area contributed by atoms with Gasteiger partial charge in [-0.3, -0.25) is 4.98 Å². The molecule has 0 spiro atoms. The van der Waals surface area contributed by atoms with E-state index in [1.807, 2.05) is 6.20 Å². The van der Waals surface area contributed by atoms with Crippen molar-refractivity contribution >= 4 is 15.9 Å². The molecule has 3 rings (SSSR count). The molecule has 0 bridgehead atoms. The van der Waals surface area contributed by atoms with Crippen LogP contribution >= 0.6 is 15.9 Å². The second-order valence-corrected chi connectivity index (χ2v) is 7.14. The monoisotopic (exact) mass is 322 g/mol. The van der Waals surface area contributed by atoms with Crippen molar-refractivity contribution in [1.29, 1.82) is 0 Å². The zero-order valence-corrected chi connectivity index (χ0v) is 13.2. The molecular formula is C16H23BrN2. The summed E-state index contributed by atoms with van der Waals surface area (Å²) >= 11 is 3.46. The van der Waals surface area contributed by atoms with Crippen LogP contribution in [-0.4, -0.2) is 17.6 Å². The van der Waals surface area contributed by atoms with E-state index in [-0.39, 0.29) is 0 Å². The number of pyridine rings is 1. The predicted molar refractivity (Wildman–Crippen MR) is 82.0 cm³/mol. The minimum absolute atomic E-state index is 0.626. The van der Waals surface area contributed by atoms with Gasteiger partial charge in [-0.05, 0) is 78.0 Å². The number of hydrogen-bond donors (Lipinski definition) is 1. The van der Waals surface area contributed by atoms with Gasteiger partial charge in [-0.25, -0.2) is 0 Å². The van der Waals surface area contributed by atoms with Gasteiger partial charge in [-0.15, -0.1) is 0 Å². The quantitative estimate of drug-likeness (QED) is 0.861. The third-order valence-corrected chi connectivity index (χ3v) is 5.19. The van der Waals surface area contributed by atoms with Crippen molar-refractivity contribution in [2.45, 2.75) is 45.1 Å². The summed E-state index contributed by atoms with van der Waals surface area (Å²) in [5.74, 6) is 3.00. The first-order valence-electron chi connectivity index (χ1n) is 7.60. The Balaban J connectivity index is 1.62. The Morgan fingerprint density at radius 2 is 2.11 bits per heavy atom. The molecule has 2 aliphatic carbocycles. The third-order valence-electron chi connectivity index (χ3n) is 4.72. The molecular weight excluding hydrogens is 300 g/mol. The van der Waals surface area contributed by atoms with Gasteiger partial charge < -0.3 is 5.32 Å². The molecule has 0 aromatic carbocycles. The Hall–Kier alpha value is -0.410. The molecule has 0 radical (unpaired) electrons. The van der Waals surface area contributed by atoms with Crippen LogP contribution in [0.4, 0.5) is 0 Å². The van der Waals surface area contributed by atoms with Crippen LogP contribution in [0.25, 0.3) is 0 Å². The second-order valence-electron chi connectivity index (χ2n) is 6.22. The van der Waals surface area contributed by atoms with E-state index < -0.39 is 0 Å². The molecule has 1 N–H and O–H groups in total. The van der Waals surface area contributed by atoms with E-state index in [2.05, 4.69) is 45.3 Å². The number of nitrogens with zero attached hydrogens (tertiary/aromatic N) is 1. The molecule has 19 heavy (non-hydrogen) atoms. The maximum Gasteiger partial charge on any atom is 0.0420 e. The van der Waals surface area contributed by atoms with Crippen LogP contribution in [0.3, 0.4) is 0 Å². The van der Waals surface area contributed by atoms with Crippen LogP contribution < -0.4 is 5.32 Å². The Morgan fingerprint density at radius 1 is 1.32 bits per heavy atom. The largest absolute Gasteiger partial charge is 0.313 e. The first-order chi connectivity index (χ1) is 9.26. The van der Waals surface area contributed by atoms with Crippen molar-refractivity contribution < 1.29 is 0 Å². The lowest BCUT2D eigenvalue weighted by atomic mass is 9.91. The van der Waals surface area contributed by atoms with Gasteiger partial charge in [0, 0.05) is 28.8 Å². The lowest BCUT2D eigenvalue weighted by Gasteiger charge is -2.26. The molecule has 1 aromatic heterocycles. The smallest absolute Gasteiger partial charge is 0.0420 e. The molecule has 2 nitrogen and oxygen atoms in total. The summed E-state index contributed by atoms with van der Waals surface area (Å²) < 4.78 is 1.07. The topological polar surface area (TPSA) is 24.9 Å². The zero-order chi connectivity index (χ0) is 13.2. The highest BCUT2D eigenvalue weighted by molar-refractivity contribution is 9.10. The van der Waals surface area contributed by atoms with Gasteiger partial charge in [0.25, 0.3) is 0 Å². The van der Waals surface area contributed by atoms with Gasteiger partial charge in [0.1, 0.15) is 0 Å². The maximum absolute atomic E-state index is 4.54. The summed E-state index contributed by atoms with van der Waals surface area (Å²) in [6.45, 7) is 3.38. The molecule has 2 fully saturated rings. The molecule has 2 aliphatic rings. The molecule has 0 saturated heterocycles. The Bertz CT molecular complexity index is 407. The van der Waals surface area contributed by atoms with Crippen molar-refractivity contribution in [2.24, 2.45) is 17.8 Å². The minimum Gasteiger partial charge on any atom is -0.313 e. The van der Waals surface area contributed by atoms with Crippen molar-refractivity contribution in [3.8, 4) is 0 Å². The van der Waals surface area contributed by atoms with Crippen LogP contribution in [0.1, 0.15) is 38.3 Å². The Kier molecular flexibility index (Phi) is 4.23. The standard InChI is InChI=1S/C16H23BrN2/c1-2-5-18-16(13-7-11-6-12(11)8-13)9-15-4-3-14(17)10-19-15/h3-4,10-13,16,18H,2,5-9H2,1H3. The second kappa shape index (κ2) is 5.92. The van der Waals surface area contributed by atoms with E-state index in [0.29, 0.717) is 6.04 Å². The summed E-state index contributed by atoms with van der Waals surface area (Å²) in [6.07, 6.45) is 8.61. The molecule has 0 amide bonds. The molecule has 3 heteroatoms. The van der Waals surface area contributed by atoms with Crippen molar-refractivity contribution in [3.63, 3.8) is 0 Å². The average molecular weight is 323 g/mol. The van der Waals surface area contributed by atoms with Gasteiger partial charge in [-0.2, -0.15) is 0 Å². The number of aromatic nitrogens is 1. The fourth-order valence-corrected chi connectivity index (χ4v) is 3.81. The van der Waals surface area contributed by atoms with E-state index in [0.717, 1.165) is 35.2 Å². The summed E-state index contributed by atoms with van der Waals surface area (Å²) in [5, 5.41) is 3.76. The van der Waals surface area contributed by atoms with Crippen LogP contribution in [-0.2, 0) is 6.42 Å². The molecule has 3 atom stereocenters. The van der Waals surface area contributed by atoms with Crippen molar-refractivity contribution in [2.75, 3.05) is 6.54 Å². The van der Waals surface area contributed by atoms with Crippen LogP contribution in [0.15, 0.2) is 22.8 Å². The van der Waals surface area contributed by atoms with E-state index in [9.17, 15) is 0 Å². The fourth-order valence-electron chi connectivity index (χ4n) is 3.58. The predicted octanol–water partition coefficient (Wildman–Crippen LogP) is 3.80. The number of halogens is 1. The lowest BCUT2D eigenvalue weighted by Crippen LogP contribution is -2.38. The fraction of sp³-hybridized carbons (Fsp3) is 0.688. The van der Waals surface area contributed by atoms with Crippen molar-refractivity contribution in [1.82, 2.24) is 10.3 Å². The molecule has 104 valence electrons. The third kappa shape index (κ3) is 3.38. The molecule has 1 aromatic rings. The van der Waals surface area contributed by atoms with Gasteiger partial charge >= 0.3 is 0 Å². The van der Waals surface area contributed by atoms with Crippen LogP contribution in [0, 0.1) is 17.8 Å². The number of rotatable bonds is 6. The van der Waals surface area contributed by atoms with Gasteiger partial charge in [-0.1, -0.05) is 6.92 Å². The summed E-state index contributed by atoms with van der Waals surface area (Å²) in [4.78, 5) is 4.54. The molecule has 3 unspecified atom stereocenters. The minimum atomic E-state index is 0.626. The van der Waals surface area contributed by atoms with Crippen LogP contribution in [0.5, 0.6) is 0 Å². The molecule has 0 aliphatic heterocycles. The van der Waals surface area contributed by atoms with E-state index >= 15 is 0 Å². The number of hydrogen-bond acceptors (Lipinski definition) is 2. The number of nitrogens with one attached hydrogen (secondary N) is 1. The first kappa shape index (κ1) is 13.6.